The van der Waals surface area contributed by atoms with Gasteiger partial charge in [0.15, 0.2) is 0 Å². The largest absolute Gasteiger partial charge is 0.385 e. The zero-order valence-corrected chi connectivity index (χ0v) is 21.3. The molecule has 0 spiro atoms. The Morgan fingerprint density at radius 1 is 1.03 bits per heavy atom. The topological polar surface area (TPSA) is 96.0 Å². The second-order valence-corrected chi connectivity index (χ2v) is 10.4. The van der Waals surface area contributed by atoms with E-state index in [2.05, 4.69) is 5.32 Å². The van der Waals surface area contributed by atoms with Crippen LogP contribution in [0.1, 0.15) is 24.5 Å². The first-order valence-corrected chi connectivity index (χ1v) is 13.1. The van der Waals surface area contributed by atoms with Gasteiger partial charge < -0.3 is 15.0 Å². The minimum absolute atomic E-state index is 0.0534. The number of hydrogen-bond donors (Lipinski definition) is 1. The van der Waals surface area contributed by atoms with Crippen LogP contribution in [0, 0.1) is 0 Å². The van der Waals surface area contributed by atoms with Gasteiger partial charge in [-0.05, 0) is 36.6 Å². The quantitative estimate of drug-likeness (QED) is 0.419. The Kier molecular flexibility index (Phi) is 11.0. The maximum atomic E-state index is 13.4. The molecule has 186 valence electrons. The fraction of sp³-hybridized carbons (Fsp3) is 0.417. The summed E-state index contributed by atoms with van der Waals surface area (Å²) in [6.45, 7) is 2.34. The van der Waals surface area contributed by atoms with Gasteiger partial charge in [0.2, 0.25) is 21.8 Å². The van der Waals surface area contributed by atoms with Crippen LogP contribution in [0.15, 0.2) is 54.6 Å². The molecule has 0 aliphatic carbocycles. The number of ether oxygens (including phenoxy) is 1. The number of sulfonamides is 1. The molecule has 8 nitrogen and oxygen atoms in total. The number of rotatable bonds is 13. The maximum absolute atomic E-state index is 13.4. The van der Waals surface area contributed by atoms with Crippen LogP contribution in [0.25, 0.3) is 0 Å². The van der Waals surface area contributed by atoms with Gasteiger partial charge in [0.05, 0.1) is 12.8 Å². The van der Waals surface area contributed by atoms with Crippen LogP contribution in [0.2, 0.25) is 5.02 Å². The second-order valence-electron chi connectivity index (χ2n) is 7.98. The minimum atomic E-state index is -3.68. The number of halogens is 1. The molecular weight excluding hydrogens is 478 g/mol. The Balaban J connectivity index is 2.23. The van der Waals surface area contributed by atoms with Crippen molar-refractivity contribution in [1.82, 2.24) is 14.5 Å². The highest BCUT2D eigenvalue weighted by Gasteiger charge is 2.29. The van der Waals surface area contributed by atoms with Crippen molar-refractivity contribution in [3.63, 3.8) is 0 Å². The molecule has 10 heteroatoms. The Hall–Kier alpha value is -2.46. The van der Waals surface area contributed by atoms with Crippen LogP contribution < -0.4 is 5.32 Å². The predicted molar refractivity (Wildman–Crippen MR) is 133 cm³/mol. The van der Waals surface area contributed by atoms with E-state index in [1.807, 2.05) is 6.07 Å². The lowest BCUT2D eigenvalue weighted by Crippen LogP contribution is -2.51. The molecule has 0 saturated heterocycles. The molecule has 1 N–H and O–H groups in total. The Labute approximate surface area is 206 Å². The van der Waals surface area contributed by atoms with Crippen molar-refractivity contribution in [3.05, 3.63) is 70.7 Å². The van der Waals surface area contributed by atoms with Crippen molar-refractivity contribution >= 4 is 33.4 Å². The van der Waals surface area contributed by atoms with Gasteiger partial charge in [-0.1, -0.05) is 54.1 Å². The zero-order valence-electron chi connectivity index (χ0n) is 19.7. The summed E-state index contributed by atoms with van der Waals surface area (Å²) in [6, 6.07) is 15.2. The van der Waals surface area contributed by atoms with Gasteiger partial charge in [-0.2, -0.15) is 4.31 Å². The molecule has 0 aromatic heterocycles. The maximum Gasteiger partial charge on any atom is 0.242 e. The van der Waals surface area contributed by atoms with Crippen molar-refractivity contribution in [2.45, 2.75) is 32.5 Å². The number of carbonyl (C=O) groups is 2. The summed E-state index contributed by atoms with van der Waals surface area (Å²) in [5, 5.41) is 3.36. The highest BCUT2D eigenvalue weighted by molar-refractivity contribution is 7.88. The lowest BCUT2D eigenvalue weighted by Gasteiger charge is -2.31. The molecule has 0 aliphatic rings. The average Bonchev–Trinajstić information content (AvgIpc) is 2.80. The molecule has 0 aliphatic heterocycles. The fourth-order valence-corrected chi connectivity index (χ4v) is 4.12. The number of benzene rings is 2. The Morgan fingerprint density at radius 2 is 1.65 bits per heavy atom. The number of methoxy groups -OCH3 is 1. The number of hydrogen-bond acceptors (Lipinski definition) is 5. The number of amides is 2. The molecule has 1 atom stereocenters. The molecular formula is C24H32ClN3O5S. The first-order valence-electron chi connectivity index (χ1n) is 10.9. The summed E-state index contributed by atoms with van der Waals surface area (Å²) in [6.07, 6.45) is 1.71. The number of carbonyl (C=O) groups excluding carboxylic acids is 2. The van der Waals surface area contributed by atoms with Crippen molar-refractivity contribution in [2.75, 3.05) is 33.1 Å². The van der Waals surface area contributed by atoms with E-state index in [-0.39, 0.29) is 25.5 Å². The van der Waals surface area contributed by atoms with Crippen LogP contribution in [-0.2, 0) is 37.4 Å². The summed E-state index contributed by atoms with van der Waals surface area (Å²) >= 11 is 5.97. The van der Waals surface area contributed by atoms with Gasteiger partial charge in [-0.25, -0.2) is 8.42 Å². The Bertz CT molecular complexity index is 1030. The lowest BCUT2D eigenvalue weighted by atomic mass is 10.1. The third kappa shape index (κ3) is 9.06. The monoisotopic (exact) mass is 509 g/mol. The SMILES string of the molecule is COCCCNC(=O)[C@@H](C)N(Cc1ccc(Cl)cc1)C(=O)CN(Cc1ccccc1)S(C)(=O)=O. The van der Waals surface area contributed by atoms with E-state index in [0.717, 1.165) is 21.7 Å². The van der Waals surface area contributed by atoms with E-state index in [9.17, 15) is 18.0 Å². The zero-order chi connectivity index (χ0) is 25.1. The summed E-state index contributed by atoms with van der Waals surface area (Å²) in [7, 11) is -2.10. The van der Waals surface area contributed by atoms with E-state index in [0.29, 0.717) is 24.6 Å². The van der Waals surface area contributed by atoms with E-state index in [1.54, 1.807) is 62.6 Å². The molecule has 0 fully saturated rings. The van der Waals surface area contributed by atoms with Crippen LogP contribution in [-0.4, -0.2) is 68.5 Å². The van der Waals surface area contributed by atoms with Crippen molar-refractivity contribution < 1.29 is 22.7 Å². The fourth-order valence-electron chi connectivity index (χ4n) is 3.26. The van der Waals surface area contributed by atoms with Crippen molar-refractivity contribution in [3.8, 4) is 0 Å². The van der Waals surface area contributed by atoms with Crippen molar-refractivity contribution in [1.29, 1.82) is 0 Å². The van der Waals surface area contributed by atoms with E-state index in [4.69, 9.17) is 16.3 Å². The summed E-state index contributed by atoms with van der Waals surface area (Å²) in [5.41, 5.74) is 1.53. The van der Waals surface area contributed by atoms with Gasteiger partial charge >= 0.3 is 0 Å². The van der Waals surface area contributed by atoms with Gasteiger partial charge in [0, 0.05) is 38.4 Å². The molecule has 2 amide bonds. The summed E-state index contributed by atoms with van der Waals surface area (Å²) in [5.74, 6) is -0.803. The molecule has 0 heterocycles. The smallest absolute Gasteiger partial charge is 0.242 e. The highest BCUT2D eigenvalue weighted by atomic mass is 35.5. The first kappa shape index (κ1) is 27.8. The van der Waals surface area contributed by atoms with Gasteiger partial charge in [0.1, 0.15) is 6.04 Å². The molecule has 0 unspecified atom stereocenters. The minimum Gasteiger partial charge on any atom is -0.385 e. The lowest BCUT2D eigenvalue weighted by molar-refractivity contribution is -0.140. The van der Waals surface area contributed by atoms with Crippen LogP contribution >= 0.6 is 11.6 Å². The van der Waals surface area contributed by atoms with E-state index in [1.165, 1.54) is 4.90 Å². The van der Waals surface area contributed by atoms with Gasteiger partial charge in [-0.3, -0.25) is 9.59 Å². The standard InChI is InChI=1S/C24H32ClN3O5S/c1-19(24(30)26-14-7-15-33-2)28(17-21-10-12-22(25)13-11-21)23(29)18-27(34(3,31)32)16-20-8-5-4-6-9-20/h4-6,8-13,19H,7,14-18H2,1-3H3,(H,26,30)/t19-/m1/s1. The normalized spacial score (nSPS) is 12.4. The molecule has 0 radical (unpaired) electrons. The number of nitrogens with zero attached hydrogens (tertiary/aromatic N) is 2. The predicted octanol–water partition coefficient (Wildman–Crippen LogP) is 2.67. The second kappa shape index (κ2) is 13.4. The summed E-state index contributed by atoms with van der Waals surface area (Å²) < 4.78 is 31.0. The van der Waals surface area contributed by atoms with Crippen LogP contribution in [0.4, 0.5) is 0 Å². The molecule has 2 aromatic carbocycles. The van der Waals surface area contributed by atoms with E-state index >= 15 is 0 Å². The van der Waals surface area contributed by atoms with Crippen LogP contribution in [0.5, 0.6) is 0 Å². The molecule has 0 saturated carbocycles. The third-order valence-electron chi connectivity index (χ3n) is 5.24. The Morgan fingerprint density at radius 3 is 2.24 bits per heavy atom. The molecule has 2 aromatic rings. The molecule has 34 heavy (non-hydrogen) atoms. The van der Waals surface area contributed by atoms with E-state index < -0.39 is 22.0 Å². The summed E-state index contributed by atoms with van der Waals surface area (Å²) in [4.78, 5) is 27.5. The highest BCUT2D eigenvalue weighted by Crippen LogP contribution is 2.16. The average molecular weight is 510 g/mol. The van der Waals surface area contributed by atoms with Gasteiger partial charge in [-0.15, -0.1) is 0 Å². The molecule has 2 rings (SSSR count). The van der Waals surface area contributed by atoms with Crippen LogP contribution in [0.3, 0.4) is 0 Å². The molecule has 0 bridgehead atoms. The number of nitrogens with one attached hydrogen (secondary N) is 1. The first-order chi connectivity index (χ1) is 16.1. The van der Waals surface area contributed by atoms with Crippen molar-refractivity contribution in [2.24, 2.45) is 0 Å². The van der Waals surface area contributed by atoms with Gasteiger partial charge in [0.25, 0.3) is 0 Å². The third-order valence-corrected chi connectivity index (χ3v) is 6.69.